The van der Waals surface area contributed by atoms with Gasteiger partial charge in [-0.1, -0.05) is 47.0 Å². The molecule has 1 aliphatic rings. The van der Waals surface area contributed by atoms with Crippen LogP contribution in [0.1, 0.15) is 50.0 Å². The predicted molar refractivity (Wildman–Crippen MR) is 83.5 cm³/mol. The van der Waals surface area contributed by atoms with Crippen LogP contribution in [0, 0.1) is 0 Å². The minimum atomic E-state index is 0.337. The minimum Gasteiger partial charge on any atom is -0.396 e. The zero-order valence-electron chi connectivity index (χ0n) is 11.4. The Morgan fingerprint density at radius 3 is 2.58 bits per heavy atom. The van der Waals surface area contributed by atoms with Gasteiger partial charge in [-0.3, -0.25) is 0 Å². The van der Waals surface area contributed by atoms with Gasteiger partial charge in [0, 0.05) is 17.1 Å². The van der Waals surface area contributed by atoms with E-state index in [4.69, 9.17) is 5.11 Å². The Bertz CT molecular complexity index is 377. The second kappa shape index (κ2) is 8.03. The van der Waals surface area contributed by atoms with Gasteiger partial charge in [0.15, 0.2) is 0 Å². The number of hydrogen-bond acceptors (Lipinski definition) is 2. The number of halogens is 1. The molecule has 0 spiro atoms. The molecule has 1 aromatic rings. The van der Waals surface area contributed by atoms with Crippen molar-refractivity contribution in [3.05, 3.63) is 34.3 Å². The molecule has 19 heavy (non-hydrogen) atoms. The molecule has 2 nitrogen and oxygen atoms in total. The van der Waals surface area contributed by atoms with E-state index in [9.17, 15) is 0 Å². The summed E-state index contributed by atoms with van der Waals surface area (Å²) in [6.07, 6.45) is 7.10. The standard InChI is InChI=1S/C16H24BrNO/c17-16-8-4-3-7-15(16)13-11-14(12-13)18-9-5-1-2-6-10-19/h3-4,7-8,13-14,18-19H,1-2,5-6,9-12H2. The number of unbranched alkanes of at least 4 members (excludes halogenated alkanes) is 3. The fourth-order valence-corrected chi connectivity index (χ4v) is 3.35. The van der Waals surface area contributed by atoms with E-state index in [0.717, 1.165) is 25.3 Å². The number of aliphatic hydroxyl groups is 1. The molecule has 1 aliphatic carbocycles. The summed E-state index contributed by atoms with van der Waals surface area (Å²) in [4.78, 5) is 0. The second-order valence-corrected chi connectivity index (χ2v) is 6.33. The molecule has 3 heteroatoms. The number of benzene rings is 1. The summed E-state index contributed by atoms with van der Waals surface area (Å²) in [5.74, 6) is 0.725. The Morgan fingerprint density at radius 1 is 1.11 bits per heavy atom. The maximum absolute atomic E-state index is 8.70. The van der Waals surface area contributed by atoms with Crippen LogP contribution in [-0.4, -0.2) is 24.3 Å². The van der Waals surface area contributed by atoms with Crippen LogP contribution in [-0.2, 0) is 0 Å². The molecule has 0 radical (unpaired) electrons. The van der Waals surface area contributed by atoms with Crippen LogP contribution in [0.3, 0.4) is 0 Å². The molecule has 0 bridgehead atoms. The van der Waals surface area contributed by atoms with Crippen molar-refractivity contribution in [2.24, 2.45) is 0 Å². The van der Waals surface area contributed by atoms with Gasteiger partial charge in [-0.25, -0.2) is 0 Å². The molecular weight excluding hydrogens is 302 g/mol. The SMILES string of the molecule is OCCCCCCNC1CC(c2ccccc2Br)C1. The summed E-state index contributed by atoms with van der Waals surface area (Å²) in [7, 11) is 0. The molecule has 0 saturated heterocycles. The molecule has 1 aromatic carbocycles. The predicted octanol–water partition coefficient (Wildman–Crippen LogP) is 3.84. The summed E-state index contributed by atoms with van der Waals surface area (Å²) in [6, 6.07) is 9.28. The highest BCUT2D eigenvalue weighted by molar-refractivity contribution is 9.10. The van der Waals surface area contributed by atoms with E-state index in [-0.39, 0.29) is 0 Å². The fraction of sp³-hybridized carbons (Fsp3) is 0.625. The van der Waals surface area contributed by atoms with Crippen molar-refractivity contribution in [1.82, 2.24) is 5.32 Å². The van der Waals surface area contributed by atoms with Gasteiger partial charge in [-0.15, -0.1) is 0 Å². The minimum absolute atomic E-state index is 0.337. The van der Waals surface area contributed by atoms with Gasteiger partial charge in [0.25, 0.3) is 0 Å². The third-order valence-corrected chi connectivity index (χ3v) is 4.72. The number of nitrogens with one attached hydrogen (secondary N) is 1. The lowest BCUT2D eigenvalue weighted by Gasteiger charge is -2.37. The van der Waals surface area contributed by atoms with Gasteiger partial charge >= 0.3 is 0 Å². The second-order valence-electron chi connectivity index (χ2n) is 5.48. The topological polar surface area (TPSA) is 32.3 Å². The highest BCUT2D eigenvalue weighted by Crippen LogP contribution is 2.39. The molecule has 0 amide bonds. The summed E-state index contributed by atoms with van der Waals surface area (Å²) in [5, 5.41) is 12.3. The third kappa shape index (κ3) is 4.59. The molecule has 1 saturated carbocycles. The van der Waals surface area contributed by atoms with E-state index in [1.807, 2.05) is 0 Å². The number of aliphatic hydroxyl groups excluding tert-OH is 1. The highest BCUT2D eigenvalue weighted by Gasteiger charge is 2.30. The van der Waals surface area contributed by atoms with Gasteiger partial charge in [0.2, 0.25) is 0 Å². The fourth-order valence-electron chi connectivity index (χ4n) is 2.74. The third-order valence-electron chi connectivity index (χ3n) is 4.00. The first-order valence-corrected chi connectivity index (χ1v) is 8.19. The van der Waals surface area contributed by atoms with Crippen LogP contribution >= 0.6 is 15.9 Å². The lowest BCUT2D eigenvalue weighted by atomic mass is 9.76. The van der Waals surface area contributed by atoms with E-state index in [1.165, 1.54) is 35.7 Å². The van der Waals surface area contributed by atoms with E-state index in [2.05, 4.69) is 45.5 Å². The van der Waals surface area contributed by atoms with Crippen molar-refractivity contribution < 1.29 is 5.11 Å². The molecule has 1 fully saturated rings. The van der Waals surface area contributed by atoms with Gasteiger partial charge < -0.3 is 10.4 Å². The van der Waals surface area contributed by atoms with Crippen LogP contribution in [0.2, 0.25) is 0 Å². The van der Waals surface area contributed by atoms with E-state index in [0.29, 0.717) is 12.6 Å². The van der Waals surface area contributed by atoms with Gasteiger partial charge in [0.05, 0.1) is 0 Å². The smallest absolute Gasteiger partial charge is 0.0431 e. The Morgan fingerprint density at radius 2 is 1.84 bits per heavy atom. The maximum atomic E-state index is 8.70. The zero-order chi connectivity index (χ0) is 13.5. The first-order chi connectivity index (χ1) is 9.31. The number of rotatable bonds is 8. The summed E-state index contributed by atoms with van der Waals surface area (Å²) in [6.45, 7) is 1.46. The Labute approximate surface area is 124 Å². The van der Waals surface area contributed by atoms with Gasteiger partial charge in [0.1, 0.15) is 0 Å². The van der Waals surface area contributed by atoms with Crippen molar-refractivity contribution in [1.29, 1.82) is 0 Å². The molecule has 2 rings (SSSR count). The monoisotopic (exact) mass is 325 g/mol. The molecular formula is C16H24BrNO. The Kier molecular flexibility index (Phi) is 6.35. The van der Waals surface area contributed by atoms with Crippen molar-refractivity contribution in [2.75, 3.05) is 13.2 Å². The van der Waals surface area contributed by atoms with Crippen molar-refractivity contribution in [2.45, 2.75) is 50.5 Å². The van der Waals surface area contributed by atoms with Crippen molar-refractivity contribution in [3.8, 4) is 0 Å². The van der Waals surface area contributed by atoms with Crippen molar-refractivity contribution >= 4 is 15.9 Å². The number of hydrogen-bond donors (Lipinski definition) is 2. The normalized spacial score (nSPS) is 22.2. The summed E-state index contributed by atoms with van der Waals surface area (Å²) < 4.78 is 1.25. The van der Waals surface area contributed by atoms with Gasteiger partial charge in [-0.05, 0) is 49.8 Å². The van der Waals surface area contributed by atoms with E-state index in [1.54, 1.807) is 0 Å². The van der Waals surface area contributed by atoms with Crippen LogP contribution in [0.15, 0.2) is 28.7 Å². The highest BCUT2D eigenvalue weighted by atomic mass is 79.9. The van der Waals surface area contributed by atoms with Gasteiger partial charge in [-0.2, -0.15) is 0 Å². The van der Waals surface area contributed by atoms with Crippen LogP contribution in [0.5, 0.6) is 0 Å². The molecule has 0 unspecified atom stereocenters. The lowest BCUT2D eigenvalue weighted by Crippen LogP contribution is -2.40. The van der Waals surface area contributed by atoms with E-state index >= 15 is 0 Å². The molecule has 0 aliphatic heterocycles. The van der Waals surface area contributed by atoms with Crippen molar-refractivity contribution in [3.63, 3.8) is 0 Å². The zero-order valence-corrected chi connectivity index (χ0v) is 13.0. The lowest BCUT2D eigenvalue weighted by molar-refractivity contribution is 0.277. The molecule has 0 aromatic heterocycles. The Balaban J connectivity index is 1.58. The molecule has 106 valence electrons. The maximum Gasteiger partial charge on any atom is 0.0431 e. The summed E-state index contributed by atoms with van der Waals surface area (Å²) >= 11 is 3.64. The first-order valence-electron chi connectivity index (χ1n) is 7.40. The Hall–Kier alpha value is -0.380. The average Bonchev–Trinajstić information content (AvgIpc) is 2.37. The summed E-state index contributed by atoms with van der Waals surface area (Å²) in [5.41, 5.74) is 1.46. The molecule has 0 heterocycles. The average molecular weight is 326 g/mol. The van der Waals surface area contributed by atoms with E-state index < -0.39 is 0 Å². The molecule has 2 N–H and O–H groups in total. The van der Waals surface area contributed by atoms with Crippen LogP contribution in [0.4, 0.5) is 0 Å². The van der Waals surface area contributed by atoms with Crippen LogP contribution < -0.4 is 5.32 Å². The largest absolute Gasteiger partial charge is 0.396 e. The first kappa shape index (κ1) is 15.0. The quantitative estimate of drug-likeness (QED) is 0.712. The van der Waals surface area contributed by atoms with Crippen LogP contribution in [0.25, 0.3) is 0 Å². The molecule has 0 atom stereocenters.